The van der Waals surface area contributed by atoms with Crippen molar-refractivity contribution in [2.75, 3.05) is 0 Å². The van der Waals surface area contributed by atoms with Crippen molar-refractivity contribution >= 4 is 21.7 Å². The molecular weight excluding hydrogens is 292 g/mol. The van der Waals surface area contributed by atoms with Crippen LogP contribution in [0.25, 0.3) is 5.69 Å². The van der Waals surface area contributed by atoms with Gasteiger partial charge in [0.15, 0.2) is 5.78 Å². The van der Waals surface area contributed by atoms with Crippen LogP contribution in [0.15, 0.2) is 30.3 Å². The van der Waals surface area contributed by atoms with Gasteiger partial charge in [-0.2, -0.15) is 5.10 Å². The van der Waals surface area contributed by atoms with Crippen LogP contribution in [0.4, 0.5) is 0 Å². The number of fused-ring (bicyclic) bond motifs is 1. The fraction of sp³-hybridized carbons (Fsp3) is 0.286. The molecule has 1 aliphatic carbocycles. The molecule has 0 fully saturated rings. The van der Waals surface area contributed by atoms with Gasteiger partial charge >= 0.3 is 0 Å². The highest BCUT2D eigenvalue weighted by Crippen LogP contribution is 2.29. The van der Waals surface area contributed by atoms with E-state index in [4.69, 9.17) is 0 Å². The zero-order chi connectivity index (χ0) is 12.7. The summed E-state index contributed by atoms with van der Waals surface area (Å²) < 4.78 is 1.90. The van der Waals surface area contributed by atoms with E-state index < -0.39 is 0 Å². The van der Waals surface area contributed by atoms with Gasteiger partial charge in [0.1, 0.15) is 0 Å². The van der Waals surface area contributed by atoms with Gasteiger partial charge in [0, 0.05) is 0 Å². The van der Waals surface area contributed by atoms with E-state index in [9.17, 15) is 4.79 Å². The molecule has 0 radical (unpaired) electrons. The molecule has 0 saturated carbocycles. The van der Waals surface area contributed by atoms with E-state index in [1.54, 1.807) is 0 Å². The quantitative estimate of drug-likeness (QED) is 0.759. The lowest BCUT2D eigenvalue weighted by Gasteiger charge is -2.17. The van der Waals surface area contributed by atoms with Crippen molar-refractivity contribution in [1.82, 2.24) is 9.78 Å². The third-order valence-corrected chi connectivity index (χ3v) is 4.20. The topological polar surface area (TPSA) is 34.9 Å². The lowest BCUT2D eigenvalue weighted by molar-refractivity contribution is 0.0980. The van der Waals surface area contributed by atoms with Crippen LogP contribution >= 0.6 is 15.9 Å². The molecule has 0 spiro atoms. The Morgan fingerprint density at radius 3 is 2.78 bits per heavy atom. The minimum Gasteiger partial charge on any atom is -0.293 e. The Balaban J connectivity index is 2.18. The van der Waals surface area contributed by atoms with Gasteiger partial charge in [-0.3, -0.25) is 4.79 Å². The first kappa shape index (κ1) is 11.7. The van der Waals surface area contributed by atoms with Gasteiger partial charge < -0.3 is 0 Å². The van der Waals surface area contributed by atoms with Crippen molar-refractivity contribution in [3.8, 4) is 5.69 Å². The second kappa shape index (κ2) is 4.35. The Morgan fingerprint density at radius 1 is 1.33 bits per heavy atom. The van der Waals surface area contributed by atoms with Crippen LogP contribution in [-0.2, 0) is 6.42 Å². The zero-order valence-corrected chi connectivity index (χ0v) is 11.6. The van der Waals surface area contributed by atoms with E-state index >= 15 is 0 Å². The molecule has 1 heterocycles. The molecular formula is C14H13BrN2O. The third kappa shape index (κ3) is 1.72. The average molecular weight is 305 g/mol. The summed E-state index contributed by atoms with van der Waals surface area (Å²) in [6, 6.07) is 9.97. The summed E-state index contributed by atoms with van der Waals surface area (Å²) in [7, 11) is 0. The van der Waals surface area contributed by atoms with E-state index in [-0.39, 0.29) is 10.6 Å². The average Bonchev–Trinajstić information content (AvgIpc) is 2.73. The van der Waals surface area contributed by atoms with Gasteiger partial charge in [0.05, 0.1) is 27.5 Å². The largest absolute Gasteiger partial charge is 0.293 e. The molecule has 3 rings (SSSR count). The third-order valence-electron chi connectivity index (χ3n) is 3.32. The molecule has 2 aromatic rings. The van der Waals surface area contributed by atoms with Crippen LogP contribution in [0.2, 0.25) is 0 Å². The minimum atomic E-state index is -0.0582. The van der Waals surface area contributed by atoms with Crippen molar-refractivity contribution in [3.05, 3.63) is 47.3 Å². The first-order chi connectivity index (χ1) is 8.68. The van der Waals surface area contributed by atoms with Crippen LogP contribution in [0.1, 0.15) is 28.2 Å². The van der Waals surface area contributed by atoms with Gasteiger partial charge in [-0.15, -0.1) is 0 Å². The number of ketones is 1. The number of nitrogens with zero attached hydrogens (tertiary/aromatic N) is 2. The van der Waals surface area contributed by atoms with E-state index in [0.717, 1.165) is 35.5 Å². The maximum atomic E-state index is 12.2. The van der Waals surface area contributed by atoms with Crippen molar-refractivity contribution in [3.63, 3.8) is 0 Å². The standard InChI is InChI=1S/C14H13BrN2O/c1-9-13-12(8-7-11(15)14(13)18)17(16-9)10-5-3-2-4-6-10/h2-6,11H,7-8H2,1H3. The van der Waals surface area contributed by atoms with Crippen LogP contribution in [0.5, 0.6) is 0 Å². The number of carbonyl (C=O) groups is 1. The summed E-state index contributed by atoms with van der Waals surface area (Å²) in [5, 5.41) is 4.52. The van der Waals surface area contributed by atoms with Crippen LogP contribution in [0.3, 0.4) is 0 Å². The smallest absolute Gasteiger partial charge is 0.180 e. The number of aromatic nitrogens is 2. The van der Waals surface area contributed by atoms with Gasteiger partial charge in [0.2, 0.25) is 0 Å². The van der Waals surface area contributed by atoms with E-state index in [1.807, 2.05) is 41.9 Å². The molecule has 1 unspecified atom stereocenters. The van der Waals surface area contributed by atoms with Crippen molar-refractivity contribution < 1.29 is 4.79 Å². The molecule has 1 aromatic carbocycles. The maximum absolute atomic E-state index is 12.2. The van der Waals surface area contributed by atoms with Gasteiger partial charge in [0.25, 0.3) is 0 Å². The number of hydrogen-bond donors (Lipinski definition) is 0. The van der Waals surface area contributed by atoms with E-state index in [0.29, 0.717) is 0 Å². The number of Topliss-reactive ketones (excluding diaryl/α,β-unsaturated/α-hetero) is 1. The number of alkyl halides is 1. The molecule has 0 N–H and O–H groups in total. The number of halogens is 1. The van der Waals surface area contributed by atoms with Crippen molar-refractivity contribution in [2.24, 2.45) is 0 Å². The van der Waals surface area contributed by atoms with Crippen molar-refractivity contribution in [2.45, 2.75) is 24.6 Å². The summed E-state index contributed by atoms with van der Waals surface area (Å²) in [6.07, 6.45) is 1.72. The highest BCUT2D eigenvalue weighted by atomic mass is 79.9. The Kier molecular flexibility index (Phi) is 2.82. The molecule has 0 amide bonds. The predicted octanol–water partition coefficient (Wildman–Crippen LogP) is 3.07. The summed E-state index contributed by atoms with van der Waals surface area (Å²) in [5.41, 5.74) is 3.68. The molecule has 1 atom stereocenters. The predicted molar refractivity (Wildman–Crippen MR) is 73.7 cm³/mol. The Hall–Kier alpha value is -1.42. The molecule has 0 aliphatic heterocycles. The van der Waals surface area contributed by atoms with Gasteiger partial charge in [-0.1, -0.05) is 34.1 Å². The number of benzene rings is 1. The fourth-order valence-electron chi connectivity index (χ4n) is 2.46. The number of aryl methyl sites for hydroxylation is 1. The molecule has 0 saturated heterocycles. The first-order valence-corrected chi connectivity index (χ1v) is 6.92. The molecule has 1 aromatic heterocycles. The maximum Gasteiger partial charge on any atom is 0.180 e. The first-order valence-electron chi connectivity index (χ1n) is 6.00. The number of rotatable bonds is 1. The Bertz CT molecular complexity index is 604. The SMILES string of the molecule is Cc1nn(-c2ccccc2)c2c1C(=O)C(Br)CC2. The number of carbonyl (C=O) groups excluding carboxylic acids is 1. The van der Waals surface area contributed by atoms with Crippen LogP contribution in [-0.4, -0.2) is 20.4 Å². The summed E-state index contributed by atoms with van der Waals surface area (Å²) >= 11 is 3.44. The monoisotopic (exact) mass is 304 g/mol. The summed E-state index contributed by atoms with van der Waals surface area (Å²) in [5.74, 6) is 0.163. The van der Waals surface area contributed by atoms with E-state index in [1.165, 1.54) is 0 Å². The zero-order valence-electron chi connectivity index (χ0n) is 10.1. The van der Waals surface area contributed by atoms with Gasteiger partial charge in [-0.05, 0) is 31.9 Å². The van der Waals surface area contributed by atoms with Gasteiger partial charge in [-0.25, -0.2) is 4.68 Å². The molecule has 4 heteroatoms. The lowest BCUT2D eigenvalue weighted by Crippen LogP contribution is -2.23. The second-order valence-corrected chi connectivity index (χ2v) is 5.63. The fourth-order valence-corrected chi connectivity index (χ4v) is 2.92. The van der Waals surface area contributed by atoms with Crippen LogP contribution in [0, 0.1) is 6.92 Å². The molecule has 92 valence electrons. The molecule has 1 aliphatic rings. The van der Waals surface area contributed by atoms with E-state index in [2.05, 4.69) is 21.0 Å². The van der Waals surface area contributed by atoms with Crippen LogP contribution < -0.4 is 0 Å². The lowest BCUT2D eigenvalue weighted by atomic mass is 9.94. The molecule has 18 heavy (non-hydrogen) atoms. The molecule has 0 bridgehead atoms. The second-order valence-electron chi connectivity index (χ2n) is 4.52. The summed E-state index contributed by atoms with van der Waals surface area (Å²) in [6.45, 7) is 1.90. The molecule has 3 nitrogen and oxygen atoms in total. The Labute approximate surface area is 114 Å². The summed E-state index contributed by atoms with van der Waals surface area (Å²) in [4.78, 5) is 12.1. The number of para-hydroxylation sites is 1. The highest BCUT2D eigenvalue weighted by Gasteiger charge is 2.31. The highest BCUT2D eigenvalue weighted by molar-refractivity contribution is 9.10. The Morgan fingerprint density at radius 2 is 2.06 bits per heavy atom. The normalized spacial score (nSPS) is 18.8. The number of hydrogen-bond acceptors (Lipinski definition) is 2. The minimum absolute atomic E-state index is 0.0582. The van der Waals surface area contributed by atoms with Crippen molar-refractivity contribution in [1.29, 1.82) is 0 Å².